The second-order valence-electron chi connectivity index (χ2n) is 8.26. The number of aromatic nitrogens is 2. The van der Waals surface area contributed by atoms with Crippen LogP contribution in [0, 0.1) is 18.6 Å². The van der Waals surface area contributed by atoms with E-state index in [9.17, 15) is 9.59 Å². The number of fused-ring (bicyclic) bond motifs is 1. The van der Waals surface area contributed by atoms with Crippen LogP contribution in [0.1, 0.15) is 53.6 Å². The summed E-state index contributed by atoms with van der Waals surface area (Å²) in [5.41, 5.74) is 3.88. The van der Waals surface area contributed by atoms with Crippen LogP contribution < -0.4 is 5.56 Å². The van der Waals surface area contributed by atoms with Gasteiger partial charge in [-0.25, -0.2) is 0 Å². The van der Waals surface area contributed by atoms with Gasteiger partial charge in [0.25, 0.3) is 11.5 Å². The normalized spacial score (nSPS) is 14.8. The fourth-order valence-corrected chi connectivity index (χ4v) is 4.68. The molecule has 30 heavy (non-hydrogen) atoms. The predicted octanol–water partition coefficient (Wildman–Crippen LogP) is 5.07. The molecule has 0 radical (unpaired) electrons. The zero-order valence-electron chi connectivity index (χ0n) is 17.7. The third-order valence-electron chi connectivity index (χ3n) is 6.40. The fraction of sp³-hybridized carbons (Fsp3) is 0.375. The molecule has 1 amide bonds. The largest absolute Gasteiger partial charge is 0.339 e. The molecule has 156 valence electrons. The third kappa shape index (κ3) is 3.60. The molecule has 1 N–H and O–H groups in total. The summed E-state index contributed by atoms with van der Waals surface area (Å²) in [7, 11) is 1.88. The van der Waals surface area contributed by atoms with Crippen LogP contribution in [0.2, 0.25) is 0 Å². The van der Waals surface area contributed by atoms with E-state index in [0.29, 0.717) is 21.2 Å². The molecule has 4 rings (SSSR count). The minimum absolute atomic E-state index is 0.0122. The van der Waals surface area contributed by atoms with Crippen molar-refractivity contribution in [3.8, 4) is 5.69 Å². The number of carbonyl (C=O) groups is 1. The number of hydrogen-bond acceptors (Lipinski definition) is 3. The molecule has 1 aliphatic carbocycles. The van der Waals surface area contributed by atoms with Crippen molar-refractivity contribution in [3.05, 3.63) is 68.2 Å². The van der Waals surface area contributed by atoms with Crippen molar-refractivity contribution in [2.24, 2.45) is 0 Å². The molecule has 1 aromatic heterocycles. The summed E-state index contributed by atoms with van der Waals surface area (Å²) in [5, 5.41) is 0.515. The number of carbonyl (C=O) groups excluding carboxylic acids is 1. The number of amides is 1. The maximum absolute atomic E-state index is 13.3. The first-order valence-corrected chi connectivity index (χ1v) is 10.9. The van der Waals surface area contributed by atoms with E-state index >= 15 is 0 Å². The fourth-order valence-electron chi connectivity index (χ4n) is 4.39. The second-order valence-corrected chi connectivity index (χ2v) is 8.64. The molecule has 1 aliphatic rings. The minimum atomic E-state index is -0.179. The Balaban J connectivity index is 1.76. The maximum atomic E-state index is 13.3. The highest BCUT2D eigenvalue weighted by molar-refractivity contribution is 7.71. The number of nitrogens with one attached hydrogen (secondary N) is 1. The second kappa shape index (κ2) is 8.19. The Bertz CT molecular complexity index is 1240. The van der Waals surface area contributed by atoms with Crippen molar-refractivity contribution in [1.82, 2.24) is 14.5 Å². The lowest BCUT2D eigenvalue weighted by Crippen LogP contribution is -2.38. The van der Waals surface area contributed by atoms with E-state index in [1.165, 1.54) is 23.8 Å². The van der Waals surface area contributed by atoms with Gasteiger partial charge in [0.05, 0.1) is 16.6 Å². The van der Waals surface area contributed by atoms with Crippen LogP contribution in [-0.2, 0) is 0 Å². The van der Waals surface area contributed by atoms with Crippen molar-refractivity contribution in [3.63, 3.8) is 0 Å². The topological polar surface area (TPSA) is 58.1 Å². The summed E-state index contributed by atoms with van der Waals surface area (Å²) in [6, 6.07) is 11.3. The van der Waals surface area contributed by atoms with Crippen LogP contribution >= 0.6 is 12.2 Å². The number of rotatable bonds is 3. The van der Waals surface area contributed by atoms with Gasteiger partial charge in [-0.05, 0) is 74.3 Å². The highest BCUT2D eigenvalue weighted by atomic mass is 32.1. The molecule has 6 heteroatoms. The number of nitrogens with zero attached hydrogens (tertiary/aromatic N) is 2. The molecule has 1 saturated carbocycles. The average molecular weight is 422 g/mol. The molecular weight excluding hydrogens is 394 g/mol. The van der Waals surface area contributed by atoms with Gasteiger partial charge in [-0.15, -0.1) is 0 Å². The Hall–Kier alpha value is -2.73. The van der Waals surface area contributed by atoms with E-state index in [2.05, 4.69) is 4.98 Å². The van der Waals surface area contributed by atoms with Gasteiger partial charge >= 0.3 is 0 Å². The van der Waals surface area contributed by atoms with Crippen LogP contribution in [0.15, 0.2) is 41.2 Å². The van der Waals surface area contributed by atoms with Gasteiger partial charge in [0.15, 0.2) is 4.77 Å². The quantitative estimate of drug-likeness (QED) is 0.601. The molecule has 1 heterocycles. The van der Waals surface area contributed by atoms with Crippen LogP contribution in [-0.4, -0.2) is 33.4 Å². The first-order valence-electron chi connectivity index (χ1n) is 10.5. The van der Waals surface area contributed by atoms with Gasteiger partial charge in [0.1, 0.15) is 0 Å². The molecule has 3 aromatic rings. The van der Waals surface area contributed by atoms with E-state index in [0.717, 1.165) is 29.7 Å². The molecule has 2 aromatic carbocycles. The Morgan fingerprint density at radius 1 is 1.13 bits per heavy atom. The third-order valence-corrected chi connectivity index (χ3v) is 6.69. The minimum Gasteiger partial charge on any atom is -0.339 e. The van der Waals surface area contributed by atoms with E-state index in [-0.39, 0.29) is 17.5 Å². The molecule has 5 nitrogen and oxygen atoms in total. The Morgan fingerprint density at radius 3 is 2.60 bits per heavy atom. The number of aromatic amines is 1. The summed E-state index contributed by atoms with van der Waals surface area (Å²) in [4.78, 5) is 31.3. The number of benzene rings is 2. The number of hydrogen-bond donors (Lipinski definition) is 1. The molecular formula is C24H27N3O2S. The smallest absolute Gasteiger partial charge is 0.266 e. The van der Waals surface area contributed by atoms with Gasteiger partial charge in [-0.3, -0.25) is 14.2 Å². The SMILES string of the molecule is Cc1cccc(-n2c(=S)[nH]c3cc(C(=O)N(C)C4CCCCC4)ccc3c2=O)c1C. The van der Waals surface area contributed by atoms with Crippen molar-refractivity contribution >= 4 is 29.0 Å². The summed E-state index contributed by atoms with van der Waals surface area (Å²) in [6.45, 7) is 4.00. The summed E-state index contributed by atoms with van der Waals surface area (Å²) in [5.74, 6) is -0.0122. The number of H-pyrrole nitrogens is 1. The molecule has 0 bridgehead atoms. The van der Waals surface area contributed by atoms with E-state index < -0.39 is 0 Å². The Labute approximate surface area is 181 Å². The van der Waals surface area contributed by atoms with Crippen LogP contribution in [0.5, 0.6) is 0 Å². The van der Waals surface area contributed by atoms with E-state index in [1.807, 2.05) is 44.0 Å². The van der Waals surface area contributed by atoms with E-state index in [1.54, 1.807) is 18.2 Å². The monoisotopic (exact) mass is 421 g/mol. The molecule has 0 saturated heterocycles. The highest BCUT2D eigenvalue weighted by Crippen LogP contribution is 2.24. The Kier molecular flexibility index (Phi) is 5.60. The van der Waals surface area contributed by atoms with Crippen LogP contribution in [0.4, 0.5) is 0 Å². The number of aryl methyl sites for hydroxylation is 1. The van der Waals surface area contributed by atoms with Crippen molar-refractivity contribution in [2.45, 2.75) is 52.0 Å². The average Bonchev–Trinajstić information content (AvgIpc) is 2.75. The van der Waals surface area contributed by atoms with Gasteiger partial charge in [0.2, 0.25) is 0 Å². The predicted molar refractivity (Wildman–Crippen MR) is 123 cm³/mol. The lowest BCUT2D eigenvalue weighted by Gasteiger charge is -2.31. The van der Waals surface area contributed by atoms with Crippen molar-refractivity contribution in [2.75, 3.05) is 7.05 Å². The zero-order valence-corrected chi connectivity index (χ0v) is 18.5. The molecule has 0 atom stereocenters. The zero-order chi connectivity index (χ0) is 21.4. The molecule has 0 unspecified atom stereocenters. The van der Waals surface area contributed by atoms with Crippen LogP contribution in [0.25, 0.3) is 16.6 Å². The van der Waals surface area contributed by atoms with Gasteiger partial charge in [0, 0.05) is 18.7 Å². The van der Waals surface area contributed by atoms with Gasteiger partial charge in [-0.1, -0.05) is 31.4 Å². The first-order chi connectivity index (χ1) is 14.4. The lowest BCUT2D eigenvalue weighted by atomic mass is 9.94. The Morgan fingerprint density at radius 2 is 1.87 bits per heavy atom. The van der Waals surface area contributed by atoms with Crippen molar-refractivity contribution < 1.29 is 4.79 Å². The summed E-state index contributed by atoms with van der Waals surface area (Å²) in [6.07, 6.45) is 5.70. The van der Waals surface area contributed by atoms with Crippen molar-refractivity contribution in [1.29, 1.82) is 0 Å². The lowest BCUT2D eigenvalue weighted by molar-refractivity contribution is 0.0696. The maximum Gasteiger partial charge on any atom is 0.266 e. The van der Waals surface area contributed by atoms with Gasteiger partial charge < -0.3 is 9.88 Å². The highest BCUT2D eigenvalue weighted by Gasteiger charge is 2.23. The molecule has 1 fully saturated rings. The summed E-state index contributed by atoms with van der Waals surface area (Å²) >= 11 is 5.53. The first kappa shape index (κ1) is 20.5. The standard InChI is InChI=1S/C24H27N3O2S/c1-15-8-7-11-21(16(15)2)27-23(29)19-13-12-17(14-20(19)25-24(27)30)22(28)26(3)18-9-5-4-6-10-18/h7-8,11-14,18H,4-6,9-10H2,1-3H3,(H,25,30). The molecule has 0 spiro atoms. The molecule has 0 aliphatic heterocycles. The van der Waals surface area contributed by atoms with Crippen LogP contribution in [0.3, 0.4) is 0 Å². The van der Waals surface area contributed by atoms with E-state index in [4.69, 9.17) is 12.2 Å². The van der Waals surface area contributed by atoms with Gasteiger partial charge in [-0.2, -0.15) is 0 Å². The summed E-state index contributed by atoms with van der Waals surface area (Å²) < 4.78 is 1.86.